The molecule has 0 aliphatic carbocycles. The number of fused-ring (bicyclic) bond motifs is 1. The molecule has 1 aliphatic rings. The minimum Gasteiger partial charge on any atom is -0.320 e. The Balaban J connectivity index is 1.65. The monoisotopic (exact) mass is 413 g/mol. The number of benzene rings is 2. The first-order chi connectivity index (χ1) is 14.0. The van der Waals surface area contributed by atoms with Gasteiger partial charge in [-0.15, -0.1) is 0 Å². The third-order valence-corrected chi connectivity index (χ3v) is 6.92. The lowest BCUT2D eigenvalue weighted by Crippen LogP contribution is -2.36. The number of para-hydroxylation sites is 1. The second-order valence-corrected chi connectivity index (χ2v) is 8.85. The van der Waals surface area contributed by atoms with Crippen LogP contribution in [-0.4, -0.2) is 36.7 Å². The molecule has 4 rings (SSSR count). The van der Waals surface area contributed by atoms with Gasteiger partial charge in [-0.3, -0.25) is 9.78 Å². The molecule has 1 amide bonds. The number of piperidine rings is 1. The van der Waals surface area contributed by atoms with Crippen molar-refractivity contribution < 1.29 is 17.6 Å². The van der Waals surface area contributed by atoms with Gasteiger partial charge >= 0.3 is 0 Å². The fraction of sp³-hybridized carbons (Fsp3) is 0.238. The Hall–Kier alpha value is -2.84. The van der Waals surface area contributed by atoms with Crippen LogP contribution < -0.4 is 5.32 Å². The molecule has 0 saturated carbocycles. The minimum atomic E-state index is -3.99. The van der Waals surface area contributed by atoms with Gasteiger partial charge in [0.2, 0.25) is 10.0 Å². The van der Waals surface area contributed by atoms with Crippen LogP contribution in [0.2, 0.25) is 0 Å². The fourth-order valence-electron chi connectivity index (χ4n) is 3.49. The van der Waals surface area contributed by atoms with E-state index in [2.05, 4.69) is 10.3 Å². The standard InChI is InChI=1S/C21H20FN3O3S/c22-17-10-9-16(14-19(17)29(27,28)25-12-2-1-3-13-25)21(26)24-18-8-4-6-15-7-5-11-23-20(15)18/h4-11,14H,1-3,12-13H2,(H,24,26). The Morgan fingerprint density at radius 1 is 1.03 bits per heavy atom. The van der Waals surface area contributed by atoms with Gasteiger partial charge in [0, 0.05) is 30.2 Å². The van der Waals surface area contributed by atoms with Crippen molar-refractivity contribution in [1.82, 2.24) is 9.29 Å². The van der Waals surface area contributed by atoms with Gasteiger partial charge in [0.15, 0.2) is 0 Å². The predicted molar refractivity (Wildman–Crippen MR) is 109 cm³/mol. The van der Waals surface area contributed by atoms with Crippen molar-refractivity contribution in [1.29, 1.82) is 0 Å². The Labute approximate surface area is 168 Å². The number of carbonyl (C=O) groups is 1. The quantitative estimate of drug-likeness (QED) is 0.706. The summed E-state index contributed by atoms with van der Waals surface area (Å²) in [6.07, 6.45) is 4.07. The molecule has 2 heterocycles. The van der Waals surface area contributed by atoms with Crippen molar-refractivity contribution in [2.75, 3.05) is 18.4 Å². The zero-order valence-electron chi connectivity index (χ0n) is 15.6. The topological polar surface area (TPSA) is 79.4 Å². The third kappa shape index (κ3) is 3.86. The highest BCUT2D eigenvalue weighted by molar-refractivity contribution is 7.89. The molecule has 2 aromatic carbocycles. The maximum atomic E-state index is 14.4. The van der Waals surface area contributed by atoms with Crippen LogP contribution in [0.1, 0.15) is 29.6 Å². The first kappa shape index (κ1) is 19.5. The molecule has 150 valence electrons. The van der Waals surface area contributed by atoms with Crippen molar-refractivity contribution >= 4 is 32.5 Å². The molecule has 0 spiro atoms. The van der Waals surface area contributed by atoms with E-state index in [1.165, 1.54) is 10.4 Å². The summed E-state index contributed by atoms with van der Waals surface area (Å²) in [5, 5.41) is 3.61. The number of carbonyl (C=O) groups excluding carboxylic acids is 1. The average Bonchev–Trinajstić information content (AvgIpc) is 2.75. The zero-order chi connectivity index (χ0) is 20.4. The number of nitrogens with zero attached hydrogens (tertiary/aromatic N) is 2. The maximum absolute atomic E-state index is 14.4. The smallest absolute Gasteiger partial charge is 0.255 e. The number of halogens is 1. The van der Waals surface area contributed by atoms with Crippen LogP contribution in [0.3, 0.4) is 0 Å². The van der Waals surface area contributed by atoms with Gasteiger partial charge in [-0.05, 0) is 43.2 Å². The summed E-state index contributed by atoms with van der Waals surface area (Å²) in [6, 6.07) is 12.4. The summed E-state index contributed by atoms with van der Waals surface area (Å²) in [5.74, 6) is -1.39. The summed E-state index contributed by atoms with van der Waals surface area (Å²) in [6.45, 7) is 0.722. The molecule has 0 radical (unpaired) electrons. The molecule has 8 heteroatoms. The van der Waals surface area contributed by atoms with Gasteiger partial charge in [0.1, 0.15) is 10.7 Å². The second-order valence-electron chi connectivity index (χ2n) is 6.94. The first-order valence-electron chi connectivity index (χ1n) is 9.41. The molecule has 0 bridgehead atoms. The van der Waals surface area contributed by atoms with Crippen LogP contribution in [0, 0.1) is 5.82 Å². The molecular formula is C21H20FN3O3S. The predicted octanol–water partition coefficient (Wildman–Crippen LogP) is 3.80. The van der Waals surface area contributed by atoms with E-state index in [-0.39, 0.29) is 5.56 Å². The van der Waals surface area contributed by atoms with Crippen molar-refractivity contribution in [3.8, 4) is 0 Å². The van der Waals surface area contributed by atoms with Crippen LogP contribution in [0.25, 0.3) is 10.9 Å². The Bertz CT molecular complexity index is 1170. The van der Waals surface area contributed by atoms with Crippen molar-refractivity contribution in [2.45, 2.75) is 24.2 Å². The van der Waals surface area contributed by atoms with Gasteiger partial charge in [0.05, 0.1) is 11.2 Å². The van der Waals surface area contributed by atoms with E-state index in [0.717, 1.165) is 36.8 Å². The summed E-state index contributed by atoms with van der Waals surface area (Å²) in [5.41, 5.74) is 1.18. The van der Waals surface area contributed by atoms with Crippen LogP contribution >= 0.6 is 0 Å². The molecule has 1 N–H and O–H groups in total. The molecule has 1 aromatic heterocycles. The van der Waals surface area contributed by atoms with Gasteiger partial charge in [-0.1, -0.05) is 24.6 Å². The number of hydrogen-bond acceptors (Lipinski definition) is 4. The summed E-state index contributed by atoms with van der Waals surface area (Å²) in [4.78, 5) is 16.6. The van der Waals surface area contributed by atoms with E-state index in [1.54, 1.807) is 24.4 Å². The summed E-state index contributed by atoms with van der Waals surface area (Å²) in [7, 11) is -3.99. The van der Waals surface area contributed by atoms with Gasteiger partial charge in [-0.2, -0.15) is 4.31 Å². The average molecular weight is 413 g/mol. The van der Waals surface area contributed by atoms with E-state index in [9.17, 15) is 17.6 Å². The van der Waals surface area contributed by atoms with Gasteiger partial charge in [0.25, 0.3) is 5.91 Å². The second kappa shape index (κ2) is 7.88. The SMILES string of the molecule is O=C(Nc1cccc2cccnc12)c1ccc(F)c(S(=O)(=O)N2CCCCC2)c1. The number of aromatic nitrogens is 1. The van der Waals surface area contributed by atoms with E-state index in [1.807, 2.05) is 12.1 Å². The van der Waals surface area contributed by atoms with Gasteiger partial charge < -0.3 is 5.32 Å². The maximum Gasteiger partial charge on any atom is 0.255 e. The van der Waals surface area contributed by atoms with Crippen LogP contribution in [0.5, 0.6) is 0 Å². The fourth-order valence-corrected chi connectivity index (χ4v) is 5.09. The number of anilines is 1. The molecule has 0 atom stereocenters. The molecule has 0 unspecified atom stereocenters. The molecule has 1 fully saturated rings. The highest BCUT2D eigenvalue weighted by Gasteiger charge is 2.29. The molecular weight excluding hydrogens is 393 g/mol. The highest BCUT2D eigenvalue weighted by Crippen LogP contribution is 2.25. The van der Waals surface area contributed by atoms with Crippen LogP contribution in [-0.2, 0) is 10.0 Å². The lowest BCUT2D eigenvalue weighted by atomic mass is 10.1. The molecule has 1 aliphatic heterocycles. The van der Waals surface area contributed by atoms with Crippen LogP contribution in [0.4, 0.5) is 10.1 Å². The molecule has 29 heavy (non-hydrogen) atoms. The number of hydrogen-bond donors (Lipinski definition) is 1. The van der Waals surface area contributed by atoms with Crippen molar-refractivity contribution in [3.63, 3.8) is 0 Å². The van der Waals surface area contributed by atoms with E-state index in [4.69, 9.17) is 0 Å². The van der Waals surface area contributed by atoms with E-state index < -0.39 is 26.6 Å². The number of rotatable bonds is 4. The minimum absolute atomic E-state index is 0.0647. The van der Waals surface area contributed by atoms with Crippen molar-refractivity contribution in [2.24, 2.45) is 0 Å². The third-order valence-electron chi connectivity index (χ3n) is 5.01. The largest absolute Gasteiger partial charge is 0.320 e. The van der Waals surface area contributed by atoms with Crippen LogP contribution in [0.15, 0.2) is 59.6 Å². The molecule has 1 saturated heterocycles. The van der Waals surface area contributed by atoms with Gasteiger partial charge in [-0.25, -0.2) is 12.8 Å². The normalized spacial score (nSPS) is 15.3. The Morgan fingerprint density at radius 3 is 2.59 bits per heavy atom. The van der Waals surface area contributed by atoms with Crippen molar-refractivity contribution in [3.05, 3.63) is 66.1 Å². The lowest BCUT2D eigenvalue weighted by molar-refractivity contribution is 0.102. The zero-order valence-corrected chi connectivity index (χ0v) is 16.5. The Morgan fingerprint density at radius 2 is 1.79 bits per heavy atom. The lowest BCUT2D eigenvalue weighted by Gasteiger charge is -2.26. The molecule has 6 nitrogen and oxygen atoms in total. The number of sulfonamides is 1. The van der Waals surface area contributed by atoms with E-state index in [0.29, 0.717) is 24.3 Å². The number of nitrogens with one attached hydrogen (secondary N) is 1. The number of amides is 1. The number of pyridine rings is 1. The summed E-state index contributed by atoms with van der Waals surface area (Å²) < 4.78 is 41.4. The Kier molecular flexibility index (Phi) is 5.29. The first-order valence-corrected chi connectivity index (χ1v) is 10.9. The van der Waals surface area contributed by atoms with E-state index >= 15 is 0 Å². The highest BCUT2D eigenvalue weighted by atomic mass is 32.2. The molecule has 3 aromatic rings. The summed E-state index contributed by atoms with van der Waals surface area (Å²) >= 11 is 0.